The molecule has 0 radical (unpaired) electrons. The Morgan fingerprint density at radius 3 is 2.54 bits per heavy atom. The van der Waals surface area contributed by atoms with Crippen molar-refractivity contribution >= 4 is 11.9 Å². The van der Waals surface area contributed by atoms with Gasteiger partial charge >= 0.3 is 11.9 Å². The second kappa shape index (κ2) is 7.16. The molecule has 0 unspecified atom stereocenters. The molecule has 0 aromatic rings. The normalized spacial score (nSPS) is 44.6. The quantitative estimate of drug-likeness (QED) is 0.586. The molecule has 7 atom stereocenters. The molecular weight excluding hydrogens is 356 g/mol. The lowest BCUT2D eigenvalue weighted by atomic mass is 9.46. The van der Waals surface area contributed by atoms with Crippen molar-refractivity contribution in [1.82, 2.24) is 0 Å². The van der Waals surface area contributed by atoms with Crippen LogP contribution >= 0.6 is 0 Å². The van der Waals surface area contributed by atoms with Crippen LogP contribution in [0.25, 0.3) is 0 Å². The van der Waals surface area contributed by atoms with Gasteiger partial charge in [-0.2, -0.15) is 0 Å². The van der Waals surface area contributed by atoms with E-state index in [2.05, 4.69) is 13.0 Å². The van der Waals surface area contributed by atoms with E-state index in [1.54, 1.807) is 0 Å². The zero-order chi connectivity index (χ0) is 20.1. The van der Waals surface area contributed by atoms with Gasteiger partial charge in [0.05, 0.1) is 0 Å². The summed E-state index contributed by atoms with van der Waals surface area (Å²) in [6.07, 6.45) is 10.1. The summed E-state index contributed by atoms with van der Waals surface area (Å²) in [5.74, 6) is 0.990. The zero-order valence-electron chi connectivity index (χ0n) is 17.4. The third-order valence-electron chi connectivity index (χ3n) is 8.57. The number of fused-ring (bicyclic) bond motifs is 5. The van der Waals surface area contributed by atoms with Crippen LogP contribution in [0, 0.1) is 28.6 Å². The number of aliphatic hydroxyl groups is 1. The van der Waals surface area contributed by atoms with E-state index in [4.69, 9.17) is 9.47 Å². The number of aliphatic hydroxyl groups excluding tert-OH is 1. The summed E-state index contributed by atoms with van der Waals surface area (Å²) in [4.78, 5) is 23.0. The number of hydrogen-bond acceptors (Lipinski definition) is 5. The van der Waals surface area contributed by atoms with Gasteiger partial charge in [0.25, 0.3) is 0 Å². The Morgan fingerprint density at radius 2 is 1.86 bits per heavy atom. The fraction of sp³-hybridized carbons (Fsp3) is 0.826. The minimum Gasteiger partial charge on any atom is -0.463 e. The summed E-state index contributed by atoms with van der Waals surface area (Å²) < 4.78 is 11.2. The van der Waals surface area contributed by atoms with Crippen molar-refractivity contribution < 1.29 is 24.2 Å². The molecule has 3 saturated carbocycles. The Labute approximate surface area is 167 Å². The zero-order valence-corrected chi connectivity index (χ0v) is 17.4. The standard InChI is InChI=1S/C23H34O5/c1-14(25)27-17-8-11-23(13-24)16(12-17)4-5-18-19-6-7-21(28-15(2)26)22(19,3)10-9-20(18)23/h6,16-18,20-21,24H,4-5,7-13H2,1-3H3/t16-,17-,18-,20-,21-,22-,23+/m0/s1. The van der Waals surface area contributed by atoms with Gasteiger partial charge in [-0.3, -0.25) is 9.59 Å². The Morgan fingerprint density at radius 1 is 1.11 bits per heavy atom. The molecule has 4 rings (SSSR count). The Bertz CT molecular complexity index is 684. The van der Waals surface area contributed by atoms with Crippen LogP contribution in [0.15, 0.2) is 11.6 Å². The van der Waals surface area contributed by atoms with Crippen molar-refractivity contribution in [2.75, 3.05) is 6.61 Å². The van der Waals surface area contributed by atoms with Crippen LogP contribution in [0.3, 0.4) is 0 Å². The maximum atomic E-state index is 11.6. The van der Waals surface area contributed by atoms with Gasteiger partial charge < -0.3 is 14.6 Å². The van der Waals surface area contributed by atoms with Crippen molar-refractivity contribution in [2.24, 2.45) is 28.6 Å². The van der Waals surface area contributed by atoms with Gasteiger partial charge in [0.1, 0.15) is 12.2 Å². The fourth-order valence-corrected chi connectivity index (χ4v) is 7.34. The van der Waals surface area contributed by atoms with Crippen LogP contribution in [-0.4, -0.2) is 35.9 Å². The summed E-state index contributed by atoms with van der Waals surface area (Å²) in [7, 11) is 0. The molecule has 3 fully saturated rings. The summed E-state index contributed by atoms with van der Waals surface area (Å²) in [5.41, 5.74) is 1.37. The predicted octanol–water partition coefficient (Wildman–Crippen LogP) is 3.79. The van der Waals surface area contributed by atoms with Gasteiger partial charge in [0.2, 0.25) is 0 Å². The molecular formula is C23H34O5. The third kappa shape index (κ3) is 3.01. The third-order valence-corrected chi connectivity index (χ3v) is 8.57. The summed E-state index contributed by atoms with van der Waals surface area (Å²) in [6, 6.07) is 0. The van der Waals surface area contributed by atoms with Gasteiger partial charge in [-0.15, -0.1) is 0 Å². The van der Waals surface area contributed by atoms with E-state index in [0.717, 1.165) is 51.4 Å². The predicted molar refractivity (Wildman–Crippen MR) is 104 cm³/mol. The van der Waals surface area contributed by atoms with E-state index in [1.807, 2.05) is 0 Å². The first-order valence-corrected chi connectivity index (χ1v) is 11.0. The highest BCUT2D eigenvalue weighted by Gasteiger charge is 2.59. The monoisotopic (exact) mass is 390 g/mol. The van der Waals surface area contributed by atoms with Gasteiger partial charge in [0.15, 0.2) is 0 Å². The van der Waals surface area contributed by atoms with Crippen molar-refractivity contribution in [3.63, 3.8) is 0 Å². The number of rotatable bonds is 3. The lowest BCUT2D eigenvalue weighted by Gasteiger charge is -2.60. The van der Waals surface area contributed by atoms with E-state index < -0.39 is 0 Å². The first-order chi connectivity index (χ1) is 13.3. The highest BCUT2D eigenvalue weighted by Crippen LogP contribution is 2.65. The van der Waals surface area contributed by atoms with Crippen LogP contribution in [0.5, 0.6) is 0 Å². The van der Waals surface area contributed by atoms with E-state index in [9.17, 15) is 14.7 Å². The fourth-order valence-electron chi connectivity index (χ4n) is 7.34. The Kier molecular flexibility index (Phi) is 5.09. The van der Waals surface area contributed by atoms with Crippen LogP contribution < -0.4 is 0 Å². The van der Waals surface area contributed by atoms with Crippen molar-refractivity contribution in [3.05, 3.63) is 11.6 Å². The van der Waals surface area contributed by atoms with Crippen LogP contribution in [0.2, 0.25) is 0 Å². The molecule has 1 N–H and O–H groups in total. The lowest BCUT2D eigenvalue weighted by molar-refractivity contribution is -0.162. The van der Waals surface area contributed by atoms with E-state index in [-0.39, 0.29) is 41.6 Å². The van der Waals surface area contributed by atoms with E-state index in [0.29, 0.717) is 17.8 Å². The van der Waals surface area contributed by atoms with E-state index >= 15 is 0 Å². The van der Waals surface area contributed by atoms with Gasteiger partial charge in [-0.05, 0) is 68.1 Å². The van der Waals surface area contributed by atoms with Gasteiger partial charge in [0, 0.05) is 32.3 Å². The molecule has 0 spiro atoms. The molecule has 28 heavy (non-hydrogen) atoms. The average Bonchev–Trinajstić information content (AvgIpc) is 2.97. The SMILES string of the molecule is CC(=O)O[C@H]1CC[C@@]2(CO)[C@@H](CC[C@H]3C4=CC[C@H](OC(C)=O)[C@@]4(C)CC[C@@H]32)C1. The average molecular weight is 391 g/mol. The summed E-state index contributed by atoms with van der Waals surface area (Å²) in [5, 5.41) is 10.6. The molecule has 0 bridgehead atoms. The van der Waals surface area contributed by atoms with Crippen molar-refractivity contribution in [3.8, 4) is 0 Å². The van der Waals surface area contributed by atoms with Crippen LogP contribution in [0.1, 0.15) is 72.1 Å². The molecule has 0 aromatic heterocycles. The Balaban J connectivity index is 1.56. The smallest absolute Gasteiger partial charge is 0.302 e. The first kappa shape index (κ1) is 19.9. The van der Waals surface area contributed by atoms with Crippen LogP contribution in [-0.2, 0) is 19.1 Å². The molecule has 5 nitrogen and oxygen atoms in total. The van der Waals surface area contributed by atoms with Crippen LogP contribution in [0.4, 0.5) is 0 Å². The summed E-state index contributed by atoms with van der Waals surface area (Å²) in [6.45, 7) is 5.48. The second-order valence-corrected chi connectivity index (χ2v) is 9.83. The van der Waals surface area contributed by atoms with Crippen molar-refractivity contribution in [2.45, 2.75) is 84.3 Å². The molecule has 0 aromatic carbocycles. The first-order valence-electron chi connectivity index (χ1n) is 11.0. The maximum absolute atomic E-state index is 11.6. The number of esters is 2. The highest BCUT2D eigenvalue weighted by molar-refractivity contribution is 5.66. The maximum Gasteiger partial charge on any atom is 0.302 e. The molecule has 0 heterocycles. The molecule has 4 aliphatic carbocycles. The van der Waals surface area contributed by atoms with Crippen molar-refractivity contribution in [1.29, 1.82) is 0 Å². The van der Waals surface area contributed by atoms with E-state index in [1.165, 1.54) is 19.4 Å². The highest BCUT2D eigenvalue weighted by atomic mass is 16.5. The Hall–Kier alpha value is -1.36. The molecule has 5 heteroatoms. The minimum atomic E-state index is -0.198. The topological polar surface area (TPSA) is 72.8 Å². The number of ether oxygens (including phenoxy) is 2. The number of hydrogen-bond donors (Lipinski definition) is 1. The molecule has 156 valence electrons. The molecule has 4 aliphatic rings. The lowest BCUT2D eigenvalue weighted by Crippen LogP contribution is -2.55. The number of carbonyl (C=O) groups excluding carboxylic acids is 2. The number of carbonyl (C=O) groups is 2. The molecule has 0 aliphatic heterocycles. The molecule has 0 saturated heterocycles. The van der Waals surface area contributed by atoms with Gasteiger partial charge in [-0.1, -0.05) is 18.6 Å². The largest absolute Gasteiger partial charge is 0.463 e. The van der Waals surface area contributed by atoms with Gasteiger partial charge in [-0.25, -0.2) is 0 Å². The molecule has 0 amide bonds. The minimum absolute atomic E-state index is 0.00613. The second-order valence-electron chi connectivity index (χ2n) is 9.83. The summed E-state index contributed by atoms with van der Waals surface area (Å²) >= 11 is 0.